The van der Waals surface area contributed by atoms with E-state index in [1.807, 2.05) is 31.5 Å². The van der Waals surface area contributed by atoms with Gasteiger partial charge in [-0.15, -0.1) is 0 Å². The number of aromatic nitrogens is 4. The zero-order chi connectivity index (χ0) is 13.3. The lowest BCUT2D eigenvalue weighted by atomic mass is 10.4. The van der Waals surface area contributed by atoms with Crippen molar-refractivity contribution in [2.24, 2.45) is 0 Å². The molecule has 0 saturated heterocycles. The van der Waals surface area contributed by atoms with Gasteiger partial charge in [0.25, 0.3) is 0 Å². The SMILES string of the molecule is CCn1c(SC)nc2c(N(C)C)nc(SC)nc21. The van der Waals surface area contributed by atoms with Gasteiger partial charge in [0.05, 0.1) is 0 Å². The zero-order valence-corrected chi connectivity index (χ0v) is 12.9. The van der Waals surface area contributed by atoms with Crippen molar-refractivity contribution in [3.05, 3.63) is 0 Å². The molecule has 0 amide bonds. The van der Waals surface area contributed by atoms with Crippen molar-refractivity contribution in [1.82, 2.24) is 19.5 Å². The molecule has 0 N–H and O–H groups in total. The van der Waals surface area contributed by atoms with Crippen LogP contribution in [0.4, 0.5) is 5.82 Å². The Morgan fingerprint density at radius 2 is 1.83 bits per heavy atom. The molecule has 0 aliphatic carbocycles. The van der Waals surface area contributed by atoms with Crippen LogP contribution in [-0.4, -0.2) is 46.1 Å². The van der Waals surface area contributed by atoms with Gasteiger partial charge in [0.1, 0.15) is 0 Å². The summed E-state index contributed by atoms with van der Waals surface area (Å²) in [6.07, 6.45) is 4.02. The Morgan fingerprint density at radius 3 is 2.33 bits per heavy atom. The summed E-state index contributed by atoms with van der Waals surface area (Å²) in [5.41, 5.74) is 1.80. The van der Waals surface area contributed by atoms with Crippen LogP contribution >= 0.6 is 23.5 Å². The third-order valence-corrected chi connectivity index (χ3v) is 3.85. The van der Waals surface area contributed by atoms with Gasteiger partial charge in [-0.25, -0.2) is 15.0 Å². The Labute approximate surface area is 115 Å². The fourth-order valence-corrected chi connectivity index (χ4v) is 2.76. The highest BCUT2D eigenvalue weighted by molar-refractivity contribution is 7.98. The minimum Gasteiger partial charge on any atom is -0.361 e. The minimum absolute atomic E-state index is 0.786. The third-order valence-electron chi connectivity index (χ3n) is 2.63. The van der Waals surface area contributed by atoms with Crippen LogP contribution in [0.15, 0.2) is 10.3 Å². The lowest BCUT2D eigenvalue weighted by Gasteiger charge is -2.12. The van der Waals surface area contributed by atoms with Crippen LogP contribution in [0.2, 0.25) is 0 Å². The van der Waals surface area contributed by atoms with Gasteiger partial charge < -0.3 is 9.47 Å². The predicted octanol–water partition coefficient (Wildman–Crippen LogP) is 2.36. The van der Waals surface area contributed by atoms with Gasteiger partial charge in [-0.3, -0.25) is 0 Å². The van der Waals surface area contributed by atoms with E-state index in [-0.39, 0.29) is 0 Å². The van der Waals surface area contributed by atoms with Crippen LogP contribution in [0.1, 0.15) is 6.92 Å². The summed E-state index contributed by atoms with van der Waals surface area (Å²) in [5, 5.41) is 1.77. The Morgan fingerprint density at radius 1 is 1.11 bits per heavy atom. The van der Waals surface area contributed by atoms with E-state index in [4.69, 9.17) is 0 Å². The topological polar surface area (TPSA) is 46.8 Å². The third kappa shape index (κ3) is 2.16. The number of nitrogens with zero attached hydrogens (tertiary/aromatic N) is 5. The standard InChI is InChI=1S/C11H17N5S2/c1-6-16-9-7(12-11(16)18-5)8(15(2)3)13-10(14-9)17-4/h6H2,1-5H3. The first kappa shape index (κ1) is 13.5. The molecule has 0 unspecified atom stereocenters. The van der Waals surface area contributed by atoms with E-state index in [1.54, 1.807) is 23.5 Å². The molecule has 2 rings (SSSR count). The molecule has 0 aromatic carbocycles. The van der Waals surface area contributed by atoms with Crippen molar-refractivity contribution in [2.75, 3.05) is 31.5 Å². The van der Waals surface area contributed by atoms with Crippen LogP contribution in [-0.2, 0) is 6.54 Å². The summed E-state index contributed by atoms with van der Waals surface area (Å²) in [5.74, 6) is 0.881. The Bertz CT molecular complexity index is 564. The van der Waals surface area contributed by atoms with Gasteiger partial charge in [-0.05, 0) is 19.4 Å². The number of anilines is 1. The number of rotatable bonds is 4. The van der Waals surface area contributed by atoms with Gasteiger partial charge in [0.2, 0.25) is 0 Å². The minimum atomic E-state index is 0.786. The number of fused-ring (bicyclic) bond motifs is 1. The first-order valence-electron chi connectivity index (χ1n) is 5.65. The fourth-order valence-electron chi connectivity index (χ4n) is 1.79. The normalized spacial score (nSPS) is 11.2. The number of aryl methyl sites for hydroxylation is 1. The first-order chi connectivity index (χ1) is 8.62. The molecule has 5 nitrogen and oxygen atoms in total. The second kappa shape index (κ2) is 5.36. The molecule has 7 heteroatoms. The summed E-state index contributed by atoms with van der Waals surface area (Å²) in [6.45, 7) is 2.97. The Hall–Kier alpha value is -0.950. The molecule has 0 atom stereocenters. The molecule has 0 saturated carbocycles. The van der Waals surface area contributed by atoms with E-state index < -0.39 is 0 Å². The summed E-state index contributed by atoms with van der Waals surface area (Å²) in [7, 11) is 3.96. The quantitative estimate of drug-likeness (QED) is 0.634. The predicted molar refractivity (Wildman–Crippen MR) is 78.9 cm³/mol. The van der Waals surface area contributed by atoms with Crippen molar-refractivity contribution in [2.45, 2.75) is 23.8 Å². The molecule has 0 spiro atoms. The van der Waals surface area contributed by atoms with Crippen LogP contribution in [0, 0.1) is 0 Å². The second-order valence-corrected chi connectivity index (χ2v) is 5.49. The van der Waals surface area contributed by atoms with Gasteiger partial charge in [-0.2, -0.15) is 0 Å². The highest BCUT2D eigenvalue weighted by Gasteiger charge is 2.17. The van der Waals surface area contributed by atoms with Crippen molar-refractivity contribution in [3.63, 3.8) is 0 Å². The van der Waals surface area contributed by atoms with E-state index in [0.717, 1.165) is 33.8 Å². The van der Waals surface area contributed by atoms with E-state index in [9.17, 15) is 0 Å². The molecule has 2 heterocycles. The van der Waals surface area contributed by atoms with Crippen molar-refractivity contribution < 1.29 is 0 Å². The highest BCUT2D eigenvalue weighted by atomic mass is 32.2. The van der Waals surface area contributed by atoms with Crippen LogP contribution in [0.5, 0.6) is 0 Å². The number of hydrogen-bond acceptors (Lipinski definition) is 6. The summed E-state index contributed by atoms with van der Waals surface area (Å²) >= 11 is 3.19. The maximum Gasteiger partial charge on any atom is 0.191 e. The van der Waals surface area contributed by atoms with E-state index in [1.165, 1.54) is 0 Å². The van der Waals surface area contributed by atoms with Crippen LogP contribution in [0.3, 0.4) is 0 Å². The van der Waals surface area contributed by atoms with E-state index in [0.29, 0.717) is 0 Å². The average molecular weight is 283 g/mol. The average Bonchev–Trinajstić information content (AvgIpc) is 2.74. The smallest absolute Gasteiger partial charge is 0.191 e. The number of thioether (sulfide) groups is 2. The lowest BCUT2D eigenvalue weighted by Crippen LogP contribution is -2.12. The molecule has 18 heavy (non-hydrogen) atoms. The molecule has 98 valence electrons. The maximum atomic E-state index is 4.65. The molecular formula is C11H17N5S2. The lowest BCUT2D eigenvalue weighted by molar-refractivity contribution is 0.693. The Balaban J connectivity index is 2.80. The van der Waals surface area contributed by atoms with E-state index in [2.05, 4.69) is 26.4 Å². The molecular weight excluding hydrogens is 266 g/mol. The summed E-state index contributed by atoms with van der Waals surface area (Å²) < 4.78 is 2.13. The van der Waals surface area contributed by atoms with Gasteiger partial charge in [-0.1, -0.05) is 23.5 Å². The van der Waals surface area contributed by atoms with Crippen LogP contribution < -0.4 is 4.90 Å². The van der Waals surface area contributed by atoms with Gasteiger partial charge >= 0.3 is 0 Å². The molecule has 2 aromatic heterocycles. The summed E-state index contributed by atoms with van der Waals surface area (Å²) in [6, 6.07) is 0. The van der Waals surface area contributed by atoms with E-state index >= 15 is 0 Å². The zero-order valence-electron chi connectivity index (χ0n) is 11.3. The molecule has 0 bridgehead atoms. The molecule has 0 aliphatic rings. The first-order valence-corrected chi connectivity index (χ1v) is 8.10. The van der Waals surface area contributed by atoms with Gasteiger partial charge in [0, 0.05) is 20.6 Å². The van der Waals surface area contributed by atoms with Gasteiger partial charge in [0.15, 0.2) is 27.3 Å². The Kier molecular flexibility index (Phi) is 4.01. The maximum absolute atomic E-state index is 4.65. The molecule has 0 fully saturated rings. The molecule has 0 aliphatic heterocycles. The van der Waals surface area contributed by atoms with Crippen molar-refractivity contribution in [3.8, 4) is 0 Å². The number of hydrogen-bond donors (Lipinski definition) is 0. The van der Waals surface area contributed by atoms with Crippen LogP contribution in [0.25, 0.3) is 11.2 Å². The monoisotopic (exact) mass is 283 g/mol. The second-order valence-electron chi connectivity index (χ2n) is 3.94. The number of imidazole rings is 1. The van der Waals surface area contributed by atoms with Crippen molar-refractivity contribution in [1.29, 1.82) is 0 Å². The molecule has 0 radical (unpaired) electrons. The highest BCUT2D eigenvalue weighted by Crippen LogP contribution is 2.28. The van der Waals surface area contributed by atoms with Crippen molar-refractivity contribution >= 4 is 40.5 Å². The molecule has 2 aromatic rings. The largest absolute Gasteiger partial charge is 0.361 e. The summed E-state index contributed by atoms with van der Waals surface area (Å²) in [4.78, 5) is 15.8. The fraction of sp³-hybridized carbons (Fsp3) is 0.545.